The van der Waals surface area contributed by atoms with E-state index >= 15 is 0 Å². The molecule has 0 aliphatic rings. The largest absolute Gasteiger partial charge is 0.389 e. The highest BCUT2D eigenvalue weighted by atomic mass is 19.4. The van der Waals surface area contributed by atoms with Gasteiger partial charge in [-0.3, -0.25) is 0 Å². The number of ether oxygens (including phenoxy) is 1. The van der Waals surface area contributed by atoms with Crippen LogP contribution in [0.25, 0.3) is 0 Å². The van der Waals surface area contributed by atoms with Crippen LogP contribution < -0.4 is 5.32 Å². The van der Waals surface area contributed by atoms with Gasteiger partial charge in [-0.15, -0.1) is 0 Å². The topological polar surface area (TPSA) is 21.3 Å². The van der Waals surface area contributed by atoms with Gasteiger partial charge in [0.15, 0.2) is 0 Å². The van der Waals surface area contributed by atoms with Gasteiger partial charge in [0.25, 0.3) is 6.43 Å². The molecule has 0 spiro atoms. The Balaban J connectivity index is 3.71. The van der Waals surface area contributed by atoms with E-state index in [1.165, 1.54) is 0 Å². The van der Waals surface area contributed by atoms with Crippen LogP contribution in [0.4, 0.5) is 22.0 Å². The van der Waals surface area contributed by atoms with Gasteiger partial charge in [0, 0.05) is 19.1 Å². The summed E-state index contributed by atoms with van der Waals surface area (Å²) >= 11 is 0. The molecular weight excluding hydrogens is 257 g/mol. The highest BCUT2D eigenvalue weighted by molar-refractivity contribution is 4.67. The quantitative estimate of drug-likeness (QED) is 0.488. The molecular formula is C11H20F5NO. The smallest absolute Gasteiger partial charge is 0.375 e. The molecule has 7 heteroatoms. The molecule has 0 amide bonds. The van der Waals surface area contributed by atoms with Gasteiger partial charge in [-0.1, -0.05) is 6.92 Å². The molecule has 0 bridgehead atoms. The van der Waals surface area contributed by atoms with Crippen LogP contribution in [0.15, 0.2) is 0 Å². The lowest BCUT2D eigenvalue weighted by Crippen LogP contribution is -2.30. The highest BCUT2D eigenvalue weighted by Gasteiger charge is 2.26. The minimum Gasteiger partial charge on any atom is -0.375 e. The van der Waals surface area contributed by atoms with Crippen LogP contribution in [0.5, 0.6) is 0 Å². The summed E-state index contributed by atoms with van der Waals surface area (Å²) < 4.78 is 64.1. The minimum absolute atomic E-state index is 0.0377. The second kappa shape index (κ2) is 9.49. The zero-order valence-corrected chi connectivity index (χ0v) is 10.4. The molecule has 0 fully saturated rings. The first kappa shape index (κ1) is 17.6. The molecule has 1 atom stereocenters. The maximum Gasteiger partial charge on any atom is 0.389 e. The molecule has 0 rings (SSSR count). The van der Waals surface area contributed by atoms with Crippen molar-refractivity contribution in [2.24, 2.45) is 0 Å². The van der Waals surface area contributed by atoms with Crippen molar-refractivity contribution < 1.29 is 26.7 Å². The Morgan fingerprint density at radius 3 is 2.33 bits per heavy atom. The molecule has 1 unspecified atom stereocenters. The summed E-state index contributed by atoms with van der Waals surface area (Å²) in [6.07, 6.45) is -6.61. The number of halogens is 5. The molecule has 18 heavy (non-hydrogen) atoms. The van der Waals surface area contributed by atoms with Crippen molar-refractivity contribution in [2.45, 2.75) is 51.3 Å². The van der Waals surface area contributed by atoms with Gasteiger partial charge in [0.1, 0.15) is 6.61 Å². The van der Waals surface area contributed by atoms with E-state index in [9.17, 15) is 22.0 Å². The van der Waals surface area contributed by atoms with Crippen LogP contribution in [0.3, 0.4) is 0 Å². The Kier molecular flexibility index (Phi) is 9.27. The zero-order chi connectivity index (χ0) is 14.0. The van der Waals surface area contributed by atoms with E-state index in [0.717, 1.165) is 0 Å². The van der Waals surface area contributed by atoms with Gasteiger partial charge in [-0.2, -0.15) is 13.2 Å². The molecule has 0 radical (unpaired) electrons. The monoisotopic (exact) mass is 277 g/mol. The van der Waals surface area contributed by atoms with Crippen LogP contribution in [-0.2, 0) is 4.74 Å². The van der Waals surface area contributed by atoms with Crippen molar-refractivity contribution in [1.29, 1.82) is 0 Å². The normalized spacial score (nSPS) is 14.2. The first-order chi connectivity index (χ1) is 8.35. The Labute approximate surface area is 104 Å². The molecule has 0 saturated heterocycles. The Hall–Kier alpha value is -0.430. The summed E-state index contributed by atoms with van der Waals surface area (Å²) in [5, 5.41) is 3.02. The first-order valence-electron chi connectivity index (χ1n) is 6.01. The van der Waals surface area contributed by atoms with Crippen molar-refractivity contribution in [1.82, 2.24) is 5.32 Å². The second-order valence-corrected chi connectivity index (χ2v) is 4.02. The molecule has 0 heterocycles. The lowest BCUT2D eigenvalue weighted by atomic mass is 10.1. The van der Waals surface area contributed by atoms with Gasteiger partial charge >= 0.3 is 6.18 Å². The average Bonchev–Trinajstić information content (AvgIpc) is 2.22. The predicted octanol–water partition coefficient (Wildman–Crippen LogP) is 3.37. The molecule has 0 aromatic rings. The van der Waals surface area contributed by atoms with E-state index in [4.69, 9.17) is 4.74 Å². The third-order valence-electron chi connectivity index (χ3n) is 2.36. The van der Waals surface area contributed by atoms with Gasteiger partial charge < -0.3 is 10.1 Å². The molecule has 2 nitrogen and oxygen atoms in total. The predicted molar refractivity (Wildman–Crippen MR) is 58.8 cm³/mol. The summed E-state index contributed by atoms with van der Waals surface area (Å²) in [6, 6.07) is -0.116. The zero-order valence-electron chi connectivity index (χ0n) is 10.4. The van der Waals surface area contributed by atoms with Crippen LogP contribution in [0, 0.1) is 0 Å². The number of nitrogens with one attached hydrogen (secondary N) is 1. The molecule has 0 aromatic carbocycles. The molecule has 0 aliphatic heterocycles. The average molecular weight is 277 g/mol. The fourth-order valence-electron chi connectivity index (χ4n) is 1.58. The van der Waals surface area contributed by atoms with E-state index in [0.29, 0.717) is 19.4 Å². The van der Waals surface area contributed by atoms with Crippen LogP contribution in [0.2, 0.25) is 0 Å². The summed E-state index contributed by atoms with van der Waals surface area (Å²) in [6.45, 7) is 1.98. The SMILES string of the molecule is CCNC(CCCC(F)(F)F)CCOCC(F)F. The number of rotatable bonds is 10. The summed E-state index contributed by atoms with van der Waals surface area (Å²) in [7, 11) is 0. The Bertz CT molecular complexity index is 198. The molecule has 1 N–H and O–H groups in total. The molecule has 0 aromatic heterocycles. The first-order valence-corrected chi connectivity index (χ1v) is 6.01. The van der Waals surface area contributed by atoms with Crippen LogP contribution in [-0.4, -0.2) is 38.4 Å². The lowest BCUT2D eigenvalue weighted by Gasteiger charge is -2.18. The second-order valence-electron chi connectivity index (χ2n) is 4.02. The van der Waals surface area contributed by atoms with Gasteiger partial charge in [-0.25, -0.2) is 8.78 Å². The number of hydrogen-bond acceptors (Lipinski definition) is 2. The van der Waals surface area contributed by atoms with Crippen molar-refractivity contribution in [3.8, 4) is 0 Å². The fourth-order valence-corrected chi connectivity index (χ4v) is 1.58. The van der Waals surface area contributed by atoms with E-state index in [1.54, 1.807) is 0 Å². The van der Waals surface area contributed by atoms with Gasteiger partial charge in [-0.05, 0) is 25.8 Å². The maximum absolute atomic E-state index is 12.0. The van der Waals surface area contributed by atoms with E-state index < -0.39 is 25.6 Å². The maximum atomic E-state index is 12.0. The van der Waals surface area contributed by atoms with Crippen molar-refractivity contribution >= 4 is 0 Å². The molecule has 110 valence electrons. The van der Waals surface area contributed by atoms with Crippen molar-refractivity contribution in [3.05, 3.63) is 0 Å². The van der Waals surface area contributed by atoms with Gasteiger partial charge in [0.2, 0.25) is 0 Å². The Morgan fingerprint density at radius 1 is 1.17 bits per heavy atom. The molecule has 0 aliphatic carbocycles. The third-order valence-corrected chi connectivity index (χ3v) is 2.36. The number of hydrogen-bond donors (Lipinski definition) is 1. The highest BCUT2D eigenvalue weighted by Crippen LogP contribution is 2.23. The summed E-state index contributed by atoms with van der Waals surface area (Å²) in [5.74, 6) is 0. The summed E-state index contributed by atoms with van der Waals surface area (Å²) in [4.78, 5) is 0. The molecule has 0 saturated carbocycles. The standard InChI is InChI=1S/C11H20F5NO/c1-2-17-9(4-3-6-11(14,15)16)5-7-18-8-10(12)13/h9-10,17H,2-8H2,1H3. The van der Waals surface area contributed by atoms with E-state index in [-0.39, 0.29) is 19.1 Å². The van der Waals surface area contributed by atoms with Crippen LogP contribution >= 0.6 is 0 Å². The fraction of sp³-hybridized carbons (Fsp3) is 1.00. The lowest BCUT2D eigenvalue weighted by molar-refractivity contribution is -0.135. The van der Waals surface area contributed by atoms with Crippen molar-refractivity contribution in [3.63, 3.8) is 0 Å². The van der Waals surface area contributed by atoms with Crippen molar-refractivity contribution in [2.75, 3.05) is 19.8 Å². The van der Waals surface area contributed by atoms with Crippen LogP contribution in [0.1, 0.15) is 32.6 Å². The Morgan fingerprint density at radius 2 is 1.83 bits per heavy atom. The third kappa shape index (κ3) is 12.0. The minimum atomic E-state index is -4.14. The summed E-state index contributed by atoms with van der Waals surface area (Å²) in [5.41, 5.74) is 0. The number of alkyl halides is 5. The van der Waals surface area contributed by atoms with E-state index in [2.05, 4.69) is 5.32 Å². The van der Waals surface area contributed by atoms with E-state index in [1.807, 2.05) is 6.92 Å². The van der Waals surface area contributed by atoms with Gasteiger partial charge in [0.05, 0.1) is 0 Å².